The maximum absolute atomic E-state index is 2.35. The first-order valence-electron chi connectivity index (χ1n) is 3.79. The van der Waals surface area contributed by atoms with Crippen molar-refractivity contribution in [3.63, 3.8) is 0 Å². The molecule has 0 radical (unpaired) electrons. The summed E-state index contributed by atoms with van der Waals surface area (Å²) in [6.07, 6.45) is 2.11. The molecule has 1 fully saturated rings. The van der Waals surface area contributed by atoms with Crippen LogP contribution in [0.3, 0.4) is 0 Å². The van der Waals surface area contributed by atoms with E-state index in [2.05, 4.69) is 42.7 Å². The molecule has 0 bridgehead atoms. The zero-order valence-corrected chi connectivity index (χ0v) is 7.04. The summed E-state index contributed by atoms with van der Waals surface area (Å²) in [6, 6.07) is 0. The van der Waals surface area contributed by atoms with E-state index < -0.39 is 0 Å². The number of nitrogens with zero attached hydrogens (tertiary/aromatic N) is 2. The fraction of sp³-hybridized carbons (Fsp3) is 0.714. The van der Waals surface area contributed by atoms with E-state index in [1.54, 1.807) is 0 Å². The minimum Gasteiger partial charge on any atom is -0.326 e. The molecule has 0 aromatic carbocycles. The Morgan fingerprint density at radius 1 is 1.20 bits per heavy atom. The highest BCUT2D eigenvalue weighted by atomic mass is 15.3. The lowest BCUT2D eigenvalue weighted by atomic mass is 9.74. The van der Waals surface area contributed by atoms with E-state index in [4.69, 9.17) is 0 Å². The molecule has 56 valence electrons. The molecule has 1 saturated heterocycles. The Morgan fingerprint density at radius 2 is 1.70 bits per heavy atom. The molecule has 0 aromatic rings. The van der Waals surface area contributed by atoms with Crippen LogP contribution in [0.1, 0.15) is 6.92 Å². The van der Waals surface area contributed by atoms with Crippen molar-refractivity contribution in [1.82, 2.24) is 9.62 Å². The summed E-state index contributed by atoms with van der Waals surface area (Å²) < 4.78 is 0. The van der Waals surface area contributed by atoms with Gasteiger partial charge in [-0.25, -0.2) is 0 Å². The minimum atomic E-state index is 0.532. The molecule has 0 saturated carbocycles. The van der Waals surface area contributed by atoms with Gasteiger partial charge in [0.15, 0.2) is 0 Å². The van der Waals surface area contributed by atoms with Crippen LogP contribution in [0.5, 0.6) is 0 Å². The Hall–Kier alpha value is -0.275. The van der Waals surface area contributed by atoms with Gasteiger partial charge in [0.25, 0.3) is 0 Å². The van der Waals surface area contributed by atoms with Crippen molar-refractivity contribution in [1.29, 1.82) is 0 Å². The minimum absolute atomic E-state index is 0.532. The standard InChI is InChI=1S/C7H15BN2/c1-4-5-8-9(2)6-7-10(8)3/h4-5H,6-7H2,1-3H3. The second-order valence-corrected chi connectivity index (χ2v) is 2.90. The van der Waals surface area contributed by atoms with Gasteiger partial charge in [-0.2, -0.15) is 0 Å². The fourth-order valence-electron chi connectivity index (χ4n) is 1.38. The van der Waals surface area contributed by atoms with Crippen LogP contribution in [-0.2, 0) is 0 Å². The lowest BCUT2D eigenvalue weighted by Gasteiger charge is -2.15. The SMILES string of the molecule is CC=CB1N(C)CCN1C. The maximum Gasteiger partial charge on any atom is 0.337 e. The van der Waals surface area contributed by atoms with Crippen molar-refractivity contribution in [2.45, 2.75) is 6.92 Å². The largest absolute Gasteiger partial charge is 0.337 e. The van der Waals surface area contributed by atoms with Crippen LogP contribution in [-0.4, -0.2) is 43.8 Å². The lowest BCUT2D eigenvalue weighted by molar-refractivity contribution is 0.553. The Labute approximate surface area is 63.6 Å². The van der Waals surface area contributed by atoms with Crippen molar-refractivity contribution in [2.75, 3.05) is 27.2 Å². The Morgan fingerprint density at radius 3 is 2.10 bits per heavy atom. The van der Waals surface area contributed by atoms with Gasteiger partial charge in [-0.15, -0.1) is 0 Å². The normalized spacial score (nSPS) is 23.3. The first kappa shape index (κ1) is 7.83. The quantitative estimate of drug-likeness (QED) is 0.486. The van der Waals surface area contributed by atoms with E-state index in [1.807, 2.05) is 0 Å². The highest BCUT2D eigenvalue weighted by Gasteiger charge is 2.27. The summed E-state index contributed by atoms with van der Waals surface area (Å²) in [6.45, 7) is 4.97. The molecule has 0 atom stereocenters. The molecular formula is C7H15BN2. The van der Waals surface area contributed by atoms with Gasteiger partial charge in [0, 0.05) is 13.1 Å². The number of rotatable bonds is 1. The van der Waals surface area contributed by atoms with Gasteiger partial charge < -0.3 is 9.62 Å². The second kappa shape index (κ2) is 3.22. The van der Waals surface area contributed by atoms with Gasteiger partial charge in [0.1, 0.15) is 0 Å². The molecule has 1 heterocycles. The van der Waals surface area contributed by atoms with Crippen molar-refractivity contribution in [2.24, 2.45) is 0 Å². The number of allylic oxidation sites excluding steroid dienone is 1. The number of hydrogen-bond acceptors (Lipinski definition) is 2. The van der Waals surface area contributed by atoms with Gasteiger partial charge in [0.2, 0.25) is 0 Å². The van der Waals surface area contributed by atoms with Crippen LogP contribution in [0.2, 0.25) is 0 Å². The van der Waals surface area contributed by atoms with Crippen molar-refractivity contribution in [3.05, 3.63) is 12.1 Å². The van der Waals surface area contributed by atoms with E-state index in [1.165, 1.54) is 13.1 Å². The van der Waals surface area contributed by atoms with E-state index in [0.29, 0.717) is 6.98 Å². The molecule has 0 N–H and O–H groups in total. The predicted octanol–water partition coefficient (Wildman–Crippen LogP) is 0.467. The molecule has 0 amide bonds. The number of hydrogen-bond donors (Lipinski definition) is 0. The third kappa shape index (κ3) is 1.41. The van der Waals surface area contributed by atoms with Crippen LogP contribution in [0.4, 0.5) is 0 Å². The molecule has 0 unspecified atom stereocenters. The monoisotopic (exact) mass is 138 g/mol. The Kier molecular flexibility index (Phi) is 2.52. The van der Waals surface area contributed by atoms with E-state index in [9.17, 15) is 0 Å². The first-order chi connectivity index (χ1) is 4.75. The van der Waals surface area contributed by atoms with Crippen LogP contribution in [0.15, 0.2) is 12.1 Å². The Balaban J connectivity index is 2.54. The third-order valence-corrected chi connectivity index (χ3v) is 2.07. The summed E-state index contributed by atoms with van der Waals surface area (Å²) in [5.41, 5.74) is 0. The molecule has 1 aliphatic rings. The molecule has 1 aliphatic heterocycles. The average molecular weight is 138 g/mol. The smallest absolute Gasteiger partial charge is 0.326 e. The molecule has 2 nitrogen and oxygen atoms in total. The van der Waals surface area contributed by atoms with Crippen molar-refractivity contribution < 1.29 is 0 Å². The van der Waals surface area contributed by atoms with Gasteiger partial charge in [-0.3, -0.25) is 0 Å². The van der Waals surface area contributed by atoms with Crippen LogP contribution in [0, 0.1) is 0 Å². The van der Waals surface area contributed by atoms with Gasteiger partial charge in [0.05, 0.1) is 0 Å². The van der Waals surface area contributed by atoms with E-state index in [-0.39, 0.29) is 0 Å². The molecule has 0 aliphatic carbocycles. The molecule has 3 heteroatoms. The van der Waals surface area contributed by atoms with Crippen LogP contribution >= 0.6 is 0 Å². The highest BCUT2D eigenvalue weighted by molar-refractivity contribution is 6.59. The van der Waals surface area contributed by atoms with Crippen LogP contribution < -0.4 is 0 Å². The van der Waals surface area contributed by atoms with Crippen molar-refractivity contribution >= 4 is 6.98 Å². The molecule has 10 heavy (non-hydrogen) atoms. The molecule has 1 rings (SSSR count). The summed E-state index contributed by atoms with van der Waals surface area (Å²) in [5, 5.41) is 0. The summed E-state index contributed by atoms with van der Waals surface area (Å²) in [7, 11) is 4.32. The highest BCUT2D eigenvalue weighted by Crippen LogP contribution is 2.05. The summed E-state index contributed by atoms with van der Waals surface area (Å²) >= 11 is 0. The van der Waals surface area contributed by atoms with Crippen LogP contribution in [0.25, 0.3) is 0 Å². The first-order valence-corrected chi connectivity index (χ1v) is 3.79. The molecule has 0 aromatic heterocycles. The number of likely N-dealkylation sites (N-methyl/N-ethyl adjacent to an activating group) is 2. The van der Waals surface area contributed by atoms with E-state index >= 15 is 0 Å². The van der Waals surface area contributed by atoms with E-state index in [0.717, 1.165) is 0 Å². The van der Waals surface area contributed by atoms with Crippen molar-refractivity contribution in [3.8, 4) is 0 Å². The second-order valence-electron chi connectivity index (χ2n) is 2.90. The lowest BCUT2D eigenvalue weighted by Crippen LogP contribution is -2.38. The van der Waals surface area contributed by atoms with Gasteiger partial charge in [-0.05, 0) is 21.0 Å². The summed E-state index contributed by atoms with van der Waals surface area (Å²) in [5.74, 6) is 2.23. The zero-order chi connectivity index (χ0) is 7.56. The maximum atomic E-state index is 2.35. The molecular weight excluding hydrogens is 123 g/mol. The van der Waals surface area contributed by atoms with Gasteiger partial charge in [-0.1, -0.05) is 12.1 Å². The topological polar surface area (TPSA) is 6.48 Å². The van der Waals surface area contributed by atoms with Gasteiger partial charge >= 0.3 is 6.98 Å². The third-order valence-electron chi connectivity index (χ3n) is 2.07. The molecule has 0 spiro atoms. The summed E-state index contributed by atoms with van der Waals surface area (Å²) in [4.78, 5) is 4.69. The zero-order valence-electron chi connectivity index (χ0n) is 7.04. The fourth-order valence-corrected chi connectivity index (χ4v) is 1.38. The average Bonchev–Trinajstić information content (AvgIpc) is 2.20. The predicted molar refractivity (Wildman–Crippen MR) is 45.8 cm³/mol. The Bertz CT molecular complexity index is 126.